The van der Waals surface area contributed by atoms with Crippen LogP contribution in [0.5, 0.6) is 0 Å². The number of nitrogens with zero attached hydrogens (tertiary/aromatic N) is 2. The van der Waals surface area contributed by atoms with Crippen LogP contribution in [0.3, 0.4) is 0 Å². The SMILES string of the molecule is Cn1cc(Br)cc(C(=O)N2CCOCC2)c1=O. The van der Waals surface area contributed by atoms with Crippen molar-refractivity contribution < 1.29 is 9.53 Å². The molecule has 17 heavy (non-hydrogen) atoms. The van der Waals surface area contributed by atoms with E-state index in [1.807, 2.05) is 0 Å². The standard InChI is InChI=1S/C11H13BrN2O3/c1-13-7-8(12)6-9(10(13)15)11(16)14-2-4-17-5-3-14/h6-7H,2-5H2,1H3. The lowest BCUT2D eigenvalue weighted by Crippen LogP contribution is -2.43. The number of ether oxygens (including phenoxy) is 1. The summed E-state index contributed by atoms with van der Waals surface area (Å²) >= 11 is 3.28. The molecule has 0 spiro atoms. The number of morpholine rings is 1. The molecule has 2 heterocycles. The second kappa shape index (κ2) is 5.01. The summed E-state index contributed by atoms with van der Waals surface area (Å²) in [6, 6.07) is 1.57. The van der Waals surface area contributed by atoms with E-state index in [0.717, 1.165) is 4.47 Å². The number of rotatable bonds is 1. The predicted molar refractivity (Wildman–Crippen MR) is 66.1 cm³/mol. The van der Waals surface area contributed by atoms with Crippen molar-refractivity contribution in [3.05, 3.63) is 32.7 Å². The molecule has 1 amide bonds. The Morgan fingerprint density at radius 3 is 2.71 bits per heavy atom. The van der Waals surface area contributed by atoms with Crippen LogP contribution in [0.15, 0.2) is 21.5 Å². The summed E-state index contributed by atoms with van der Waals surface area (Å²) in [6.45, 7) is 2.13. The minimum absolute atomic E-state index is 0.198. The van der Waals surface area contributed by atoms with Gasteiger partial charge in [-0.25, -0.2) is 0 Å². The van der Waals surface area contributed by atoms with Gasteiger partial charge in [0.05, 0.1) is 13.2 Å². The van der Waals surface area contributed by atoms with E-state index in [0.29, 0.717) is 26.3 Å². The zero-order valence-electron chi connectivity index (χ0n) is 9.48. The van der Waals surface area contributed by atoms with Gasteiger partial charge >= 0.3 is 0 Å². The summed E-state index contributed by atoms with van der Waals surface area (Å²) in [7, 11) is 1.63. The Hall–Kier alpha value is -1.14. The number of aryl methyl sites for hydroxylation is 1. The number of halogens is 1. The number of amides is 1. The lowest BCUT2D eigenvalue weighted by molar-refractivity contribution is 0.0301. The topological polar surface area (TPSA) is 51.5 Å². The highest BCUT2D eigenvalue weighted by Gasteiger charge is 2.21. The monoisotopic (exact) mass is 300 g/mol. The molecule has 1 fully saturated rings. The number of hydrogen-bond acceptors (Lipinski definition) is 3. The van der Waals surface area contributed by atoms with Gasteiger partial charge in [-0.2, -0.15) is 0 Å². The summed E-state index contributed by atoms with van der Waals surface area (Å²) in [4.78, 5) is 25.7. The van der Waals surface area contributed by atoms with Gasteiger partial charge in [-0.05, 0) is 22.0 Å². The highest BCUT2D eigenvalue weighted by Crippen LogP contribution is 2.11. The van der Waals surface area contributed by atoms with Crippen LogP contribution in [0.25, 0.3) is 0 Å². The van der Waals surface area contributed by atoms with Gasteiger partial charge in [0.15, 0.2) is 0 Å². The van der Waals surface area contributed by atoms with Crippen LogP contribution in [0.4, 0.5) is 0 Å². The second-order valence-electron chi connectivity index (χ2n) is 3.89. The summed E-state index contributed by atoms with van der Waals surface area (Å²) in [5.41, 5.74) is -0.0755. The van der Waals surface area contributed by atoms with Crippen LogP contribution >= 0.6 is 15.9 Å². The molecule has 1 aliphatic heterocycles. The van der Waals surface area contributed by atoms with E-state index in [4.69, 9.17) is 4.74 Å². The third-order valence-electron chi connectivity index (χ3n) is 2.68. The fourth-order valence-electron chi connectivity index (χ4n) is 1.76. The summed E-state index contributed by atoms with van der Waals surface area (Å²) in [6.07, 6.45) is 1.64. The number of hydrogen-bond donors (Lipinski definition) is 0. The lowest BCUT2D eigenvalue weighted by atomic mass is 10.2. The first-order valence-electron chi connectivity index (χ1n) is 5.33. The summed E-state index contributed by atoms with van der Waals surface area (Å²) in [5.74, 6) is -0.227. The molecule has 1 aromatic heterocycles. The molecule has 0 aliphatic carbocycles. The minimum Gasteiger partial charge on any atom is -0.378 e. The van der Waals surface area contributed by atoms with Crippen LogP contribution < -0.4 is 5.56 Å². The van der Waals surface area contributed by atoms with E-state index in [9.17, 15) is 9.59 Å². The van der Waals surface area contributed by atoms with Crippen molar-refractivity contribution in [3.63, 3.8) is 0 Å². The first-order chi connectivity index (χ1) is 8.09. The maximum absolute atomic E-state index is 12.2. The third-order valence-corrected chi connectivity index (χ3v) is 3.11. The minimum atomic E-state index is -0.273. The molecule has 0 bridgehead atoms. The largest absolute Gasteiger partial charge is 0.378 e. The van der Waals surface area contributed by atoms with E-state index in [1.54, 1.807) is 24.2 Å². The van der Waals surface area contributed by atoms with Crippen molar-refractivity contribution in [1.82, 2.24) is 9.47 Å². The zero-order chi connectivity index (χ0) is 12.4. The fourth-order valence-corrected chi connectivity index (χ4v) is 2.30. The highest BCUT2D eigenvalue weighted by atomic mass is 79.9. The fraction of sp³-hybridized carbons (Fsp3) is 0.455. The normalized spacial score (nSPS) is 16.0. The molecule has 0 N–H and O–H groups in total. The molecule has 0 saturated carbocycles. The maximum Gasteiger partial charge on any atom is 0.263 e. The molecule has 2 rings (SSSR count). The highest BCUT2D eigenvalue weighted by molar-refractivity contribution is 9.10. The molecule has 1 aromatic rings. The smallest absolute Gasteiger partial charge is 0.263 e. The third kappa shape index (κ3) is 2.58. The Balaban J connectivity index is 2.33. The Kier molecular flexibility index (Phi) is 3.63. The number of aromatic nitrogens is 1. The molecule has 1 saturated heterocycles. The van der Waals surface area contributed by atoms with Crippen LogP contribution in [-0.4, -0.2) is 41.7 Å². The van der Waals surface area contributed by atoms with Gasteiger partial charge in [0.1, 0.15) is 5.56 Å². The van der Waals surface area contributed by atoms with Gasteiger partial charge in [0.25, 0.3) is 11.5 Å². The molecule has 5 nitrogen and oxygen atoms in total. The van der Waals surface area contributed by atoms with E-state index >= 15 is 0 Å². The molecule has 6 heteroatoms. The average Bonchev–Trinajstić information content (AvgIpc) is 2.34. The first-order valence-corrected chi connectivity index (χ1v) is 6.12. The van der Waals surface area contributed by atoms with E-state index in [2.05, 4.69) is 15.9 Å². The molecule has 92 valence electrons. The predicted octanol–water partition coefficient (Wildman–Crippen LogP) is 0.620. The van der Waals surface area contributed by atoms with E-state index in [-0.39, 0.29) is 17.0 Å². The van der Waals surface area contributed by atoms with Crippen LogP contribution in [-0.2, 0) is 11.8 Å². The zero-order valence-corrected chi connectivity index (χ0v) is 11.1. The number of pyridine rings is 1. The Morgan fingerprint density at radius 1 is 1.41 bits per heavy atom. The van der Waals surface area contributed by atoms with Crippen molar-refractivity contribution in [2.45, 2.75) is 0 Å². The number of carbonyl (C=O) groups is 1. The molecule has 0 aromatic carbocycles. The van der Waals surface area contributed by atoms with Crippen molar-refractivity contribution in [2.75, 3.05) is 26.3 Å². The van der Waals surface area contributed by atoms with Crippen molar-refractivity contribution in [1.29, 1.82) is 0 Å². The van der Waals surface area contributed by atoms with Crippen molar-refractivity contribution >= 4 is 21.8 Å². The Morgan fingerprint density at radius 2 is 2.06 bits per heavy atom. The average molecular weight is 301 g/mol. The maximum atomic E-state index is 12.2. The molecular formula is C11H13BrN2O3. The van der Waals surface area contributed by atoms with Gasteiger partial charge in [-0.1, -0.05) is 0 Å². The Bertz CT molecular complexity index is 492. The van der Waals surface area contributed by atoms with Gasteiger partial charge in [0.2, 0.25) is 0 Å². The van der Waals surface area contributed by atoms with Gasteiger partial charge in [0, 0.05) is 30.8 Å². The summed E-state index contributed by atoms with van der Waals surface area (Å²) < 4.78 is 7.30. The van der Waals surface area contributed by atoms with E-state index in [1.165, 1.54) is 4.57 Å². The quantitative estimate of drug-likeness (QED) is 0.764. The van der Waals surface area contributed by atoms with Crippen LogP contribution in [0.2, 0.25) is 0 Å². The van der Waals surface area contributed by atoms with Gasteiger partial charge < -0.3 is 14.2 Å². The van der Waals surface area contributed by atoms with Crippen LogP contribution in [0.1, 0.15) is 10.4 Å². The number of carbonyl (C=O) groups excluding carboxylic acids is 1. The van der Waals surface area contributed by atoms with Gasteiger partial charge in [-0.15, -0.1) is 0 Å². The second-order valence-corrected chi connectivity index (χ2v) is 4.81. The summed E-state index contributed by atoms with van der Waals surface area (Å²) in [5, 5.41) is 0. The first kappa shape index (κ1) is 12.3. The van der Waals surface area contributed by atoms with Crippen molar-refractivity contribution in [3.8, 4) is 0 Å². The molecular weight excluding hydrogens is 288 g/mol. The van der Waals surface area contributed by atoms with E-state index < -0.39 is 0 Å². The molecule has 0 unspecified atom stereocenters. The van der Waals surface area contributed by atoms with Crippen molar-refractivity contribution in [2.24, 2.45) is 7.05 Å². The molecule has 1 aliphatic rings. The lowest BCUT2D eigenvalue weighted by Gasteiger charge is -2.26. The Labute approximate surface area is 107 Å². The van der Waals surface area contributed by atoms with Gasteiger partial charge in [-0.3, -0.25) is 9.59 Å². The van der Waals surface area contributed by atoms with Crippen LogP contribution in [0, 0.1) is 0 Å². The molecule has 0 radical (unpaired) electrons. The molecule has 0 atom stereocenters.